The number of benzene rings is 2. The minimum atomic E-state index is -0.742. The van der Waals surface area contributed by atoms with E-state index in [9.17, 15) is 9.59 Å². The summed E-state index contributed by atoms with van der Waals surface area (Å²) in [6.45, 7) is 0.113. The normalized spacial score (nSPS) is 15.3. The molecule has 0 bridgehead atoms. The number of allylic oxidation sites excluding steroid dienone is 1. The molecule has 1 unspecified atom stereocenters. The van der Waals surface area contributed by atoms with Gasteiger partial charge in [-0.3, -0.25) is 4.98 Å². The fourth-order valence-corrected chi connectivity index (χ4v) is 3.84. The van der Waals surface area contributed by atoms with Gasteiger partial charge in [-0.25, -0.2) is 9.59 Å². The maximum Gasteiger partial charge on any atom is 0.338 e. The predicted octanol–water partition coefficient (Wildman–Crippen LogP) is 3.66. The van der Waals surface area contributed by atoms with Gasteiger partial charge in [0, 0.05) is 18.1 Å². The van der Waals surface area contributed by atoms with E-state index in [0.29, 0.717) is 35.4 Å². The highest BCUT2D eigenvalue weighted by Crippen LogP contribution is 2.30. The van der Waals surface area contributed by atoms with E-state index in [1.165, 1.54) is 6.20 Å². The number of anilines is 1. The second-order valence-corrected chi connectivity index (χ2v) is 7.89. The highest BCUT2D eigenvalue weighted by atomic mass is 16.5. The SMILES string of the molecule is COc1cccc(CCC2=C(C(=O)OCc3ccccc3)C(c3cncc(N)c3)NC(=O)N2)c1. The van der Waals surface area contributed by atoms with Crippen molar-refractivity contribution in [3.05, 3.63) is 101 Å². The third-order valence-electron chi connectivity index (χ3n) is 5.50. The molecule has 0 fully saturated rings. The maximum absolute atomic E-state index is 13.3. The van der Waals surface area contributed by atoms with Gasteiger partial charge in [0.1, 0.15) is 12.4 Å². The third kappa shape index (κ3) is 5.53. The number of hydrogen-bond acceptors (Lipinski definition) is 6. The Hall–Kier alpha value is -4.33. The zero-order valence-electron chi connectivity index (χ0n) is 18.8. The number of methoxy groups -OCH3 is 1. The number of aryl methyl sites for hydroxylation is 1. The molecule has 1 aliphatic rings. The molecule has 2 heterocycles. The number of pyridine rings is 1. The second-order valence-electron chi connectivity index (χ2n) is 7.89. The number of rotatable bonds is 8. The first-order valence-electron chi connectivity index (χ1n) is 10.9. The molecular formula is C26H26N4O4. The average Bonchev–Trinajstić information content (AvgIpc) is 2.86. The Bertz CT molecular complexity index is 1210. The number of hydrogen-bond donors (Lipinski definition) is 3. The molecule has 2 amide bonds. The topological polar surface area (TPSA) is 116 Å². The van der Waals surface area contributed by atoms with E-state index in [-0.39, 0.29) is 6.61 Å². The lowest BCUT2D eigenvalue weighted by molar-refractivity contribution is -0.140. The molecule has 4 N–H and O–H groups in total. The van der Waals surface area contributed by atoms with E-state index in [4.69, 9.17) is 15.2 Å². The van der Waals surface area contributed by atoms with Crippen LogP contribution in [0.2, 0.25) is 0 Å². The molecule has 0 aliphatic carbocycles. The number of ether oxygens (including phenoxy) is 2. The Morgan fingerprint density at radius 2 is 1.82 bits per heavy atom. The number of carbonyl (C=O) groups excluding carboxylic acids is 2. The van der Waals surface area contributed by atoms with Gasteiger partial charge in [-0.15, -0.1) is 0 Å². The number of nitrogens with one attached hydrogen (secondary N) is 2. The van der Waals surface area contributed by atoms with E-state index in [0.717, 1.165) is 16.9 Å². The molecule has 0 radical (unpaired) electrons. The summed E-state index contributed by atoms with van der Waals surface area (Å²) in [5.74, 6) is 0.219. The van der Waals surface area contributed by atoms with Crippen molar-refractivity contribution in [3.8, 4) is 5.75 Å². The van der Waals surface area contributed by atoms with Gasteiger partial charge in [0.05, 0.1) is 24.4 Å². The van der Waals surface area contributed by atoms with Crippen molar-refractivity contribution in [2.24, 2.45) is 0 Å². The fourth-order valence-electron chi connectivity index (χ4n) is 3.84. The smallest absolute Gasteiger partial charge is 0.338 e. The number of esters is 1. The highest BCUT2D eigenvalue weighted by molar-refractivity contribution is 5.95. The number of nitrogen functional groups attached to an aromatic ring is 1. The molecular weight excluding hydrogens is 432 g/mol. The standard InChI is InChI=1S/C26H26N4O4/c1-33-21-9-5-8-17(12-21)10-11-22-23(25(31)34-16-18-6-3-2-4-7-18)24(30-26(32)29-22)19-13-20(27)15-28-14-19/h2-9,12-15,24H,10-11,16,27H2,1H3,(H2,29,30,32). The van der Waals surface area contributed by atoms with Crippen LogP contribution in [0, 0.1) is 0 Å². The van der Waals surface area contributed by atoms with Crippen molar-refractivity contribution < 1.29 is 19.1 Å². The number of amides is 2. The molecule has 34 heavy (non-hydrogen) atoms. The highest BCUT2D eigenvalue weighted by Gasteiger charge is 2.34. The molecule has 8 heteroatoms. The van der Waals surface area contributed by atoms with Crippen molar-refractivity contribution in [1.29, 1.82) is 0 Å². The van der Waals surface area contributed by atoms with Gasteiger partial charge in [0.2, 0.25) is 0 Å². The van der Waals surface area contributed by atoms with Gasteiger partial charge in [-0.2, -0.15) is 0 Å². The summed E-state index contributed by atoms with van der Waals surface area (Å²) >= 11 is 0. The van der Waals surface area contributed by atoms with Crippen LogP contribution in [0.4, 0.5) is 10.5 Å². The lowest BCUT2D eigenvalue weighted by Gasteiger charge is -2.29. The molecule has 0 saturated carbocycles. The molecule has 0 saturated heterocycles. The molecule has 4 rings (SSSR count). The van der Waals surface area contributed by atoms with Gasteiger partial charge in [0.25, 0.3) is 0 Å². The predicted molar refractivity (Wildman–Crippen MR) is 128 cm³/mol. The lowest BCUT2D eigenvalue weighted by Crippen LogP contribution is -2.46. The van der Waals surface area contributed by atoms with Gasteiger partial charge in [-0.1, -0.05) is 42.5 Å². The average molecular weight is 459 g/mol. The van der Waals surface area contributed by atoms with Crippen molar-refractivity contribution in [3.63, 3.8) is 0 Å². The van der Waals surface area contributed by atoms with Crippen LogP contribution in [0.25, 0.3) is 0 Å². The number of carbonyl (C=O) groups is 2. The summed E-state index contributed by atoms with van der Waals surface area (Å²) in [6.07, 6.45) is 4.09. The van der Waals surface area contributed by atoms with E-state index >= 15 is 0 Å². The zero-order chi connectivity index (χ0) is 23.9. The third-order valence-corrected chi connectivity index (χ3v) is 5.50. The van der Waals surface area contributed by atoms with E-state index in [1.807, 2.05) is 54.6 Å². The maximum atomic E-state index is 13.3. The minimum Gasteiger partial charge on any atom is -0.497 e. The number of nitrogens with two attached hydrogens (primary N) is 1. The molecule has 0 spiro atoms. The quantitative estimate of drug-likeness (QED) is 0.444. The number of aromatic nitrogens is 1. The first-order chi connectivity index (χ1) is 16.5. The van der Waals surface area contributed by atoms with Crippen molar-refractivity contribution in [1.82, 2.24) is 15.6 Å². The molecule has 1 atom stereocenters. The van der Waals surface area contributed by atoms with Crippen LogP contribution in [0.3, 0.4) is 0 Å². The Balaban J connectivity index is 1.65. The lowest BCUT2D eigenvalue weighted by atomic mass is 9.93. The van der Waals surface area contributed by atoms with Gasteiger partial charge >= 0.3 is 12.0 Å². The number of nitrogens with zero attached hydrogens (tertiary/aromatic N) is 1. The van der Waals surface area contributed by atoms with Crippen molar-refractivity contribution >= 4 is 17.7 Å². The molecule has 8 nitrogen and oxygen atoms in total. The van der Waals surface area contributed by atoms with Crippen LogP contribution in [0.1, 0.15) is 29.2 Å². The van der Waals surface area contributed by atoms with Crippen LogP contribution in [0.5, 0.6) is 5.75 Å². The van der Waals surface area contributed by atoms with E-state index in [1.54, 1.807) is 19.4 Å². The van der Waals surface area contributed by atoms with Crippen molar-refractivity contribution in [2.45, 2.75) is 25.5 Å². The molecule has 3 aromatic rings. The summed E-state index contributed by atoms with van der Waals surface area (Å²) in [5, 5.41) is 5.62. The summed E-state index contributed by atoms with van der Waals surface area (Å²) < 4.78 is 10.9. The molecule has 1 aliphatic heterocycles. The summed E-state index contributed by atoms with van der Waals surface area (Å²) in [7, 11) is 1.61. The van der Waals surface area contributed by atoms with Gasteiger partial charge < -0.3 is 25.8 Å². The Morgan fingerprint density at radius 3 is 2.59 bits per heavy atom. The second kappa shape index (κ2) is 10.5. The van der Waals surface area contributed by atoms with Crippen LogP contribution in [0.15, 0.2) is 84.3 Å². The largest absolute Gasteiger partial charge is 0.497 e. The van der Waals surface area contributed by atoms with Crippen LogP contribution < -0.4 is 21.1 Å². The van der Waals surface area contributed by atoms with E-state index < -0.39 is 18.0 Å². The number of urea groups is 1. The molecule has 2 aromatic carbocycles. The van der Waals surface area contributed by atoms with Crippen molar-refractivity contribution in [2.75, 3.05) is 12.8 Å². The zero-order valence-corrected chi connectivity index (χ0v) is 18.8. The van der Waals surface area contributed by atoms with Crippen LogP contribution >= 0.6 is 0 Å². The Morgan fingerprint density at radius 1 is 1.03 bits per heavy atom. The molecule has 174 valence electrons. The summed E-state index contributed by atoms with van der Waals surface area (Å²) in [6, 6.07) is 17.6. The Labute approximate surface area is 197 Å². The van der Waals surface area contributed by atoms with Gasteiger partial charge in [0.15, 0.2) is 0 Å². The van der Waals surface area contributed by atoms with Gasteiger partial charge in [-0.05, 0) is 47.7 Å². The van der Waals surface area contributed by atoms with Crippen LogP contribution in [-0.4, -0.2) is 24.1 Å². The summed E-state index contributed by atoms with van der Waals surface area (Å²) in [4.78, 5) is 30.0. The first kappa shape index (κ1) is 22.8. The fraction of sp³-hybridized carbons (Fsp3) is 0.192. The first-order valence-corrected chi connectivity index (χ1v) is 10.9. The Kier molecular flexibility index (Phi) is 7.07. The molecule has 1 aromatic heterocycles. The van der Waals surface area contributed by atoms with E-state index in [2.05, 4.69) is 15.6 Å². The summed E-state index contributed by atoms with van der Waals surface area (Å²) in [5.41, 5.74) is 9.65. The minimum absolute atomic E-state index is 0.113. The van der Waals surface area contributed by atoms with Crippen LogP contribution in [-0.2, 0) is 22.6 Å². The monoisotopic (exact) mass is 458 g/mol.